The number of carbonyl (C=O) groups is 1. The molecule has 2 rings (SSSR count). The van der Waals surface area contributed by atoms with Gasteiger partial charge < -0.3 is 14.8 Å². The lowest BCUT2D eigenvalue weighted by molar-refractivity contribution is -0.123. The van der Waals surface area contributed by atoms with Crippen LogP contribution in [0.1, 0.15) is 36.0 Å². The van der Waals surface area contributed by atoms with Crippen molar-refractivity contribution in [1.29, 1.82) is 0 Å². The Balaban J connectivity index is 1.83. The van der Waals surface area contributed by atoms with Crippen LogP contribution in [-0.4, -0.2) is 24.6 Å². The van der Waals surface area contributed by atoms with Gasteiger partial charge >= 0.3 is 0 Å². The summed E-state index contributed by atoms with van der Waals surface area (Å²) >= 11 is 1.62. The zero-order valence-corrected chi connectivity index (χ0v) is 14.7. The monoisotopic (exact) mass is 334 g/mol. The van der Waals surface area contributed by atoms with Gasteiger partial charge in [-0.1, -0.05) is 19.9 Å². The van der Waals surface area contributed by atoms with Crippen molar-refractivity contribution >= 4 is 17.2 Å². The summed E-state index contributed by atoms with van der Waals surface area (Å²) in [7, 11) is 1.58. The molecule has 0 saturated carbocycles. The maximum atomic E-state index is 11.9. The number of hydrogen-bond donors (Lipinski definition) is 1. The van der Waals surface area contributed by atoms with Crippen LogP contribution in [0.5, 0.6) is 11.5 Å². The number of nitrogens with one attached hydrogen (secondary N) is 1. The number of ether oxygens (including phenoxy) is 2. The van der Waals surface area contributed by atoms with Crippen molar-refractivity contribution < 1.29 is 14.3 Å². The summed E-state index contributed by atoms with van der Waals surface area (Å²) in [6.45, 7) is 6.53. The first-order valence-electron chi connectivity index (χ1n) is 7.48. The fraction of sp³-hybridized carbons (Fsp3) is 0.412. The Labute approximate surface area is 140 Å². The van der Waals surface area contributed by atoms with E-state index < -0.39 is 0 Å². The van der Waals surface area contributed by atoms with Gasteiger partial charge in [0.05, 0.1) is 24.4 Å². The molecule has 0 atom stereocenters. The van der Waals surface area contributed by atoms with Crippen LogP contribution < -0.4 is 14.8 Å². The number of thiazole rings is 1. The van der Waals surface area contributed by atoms with Crippen molar-refractivity contribution in [1.82, 2.24) is 10.3 Å². The minimum absolute atomic E-state index is 0.0550. The van der Waals surface area contributed by atoms with E-state index in [2.05, 4.69) is 24.1 Å². The highest BCUT2D eigenvalue weighted by molar-refractivity contribution is 7.09. The van der Waals surface area contributed by atoms with E-state index in [-0.39, 0.29) is 12.5 Å². The molecule has 2 aromatic rings. The van der Waals surface area contributed by atoms with E-state index in [0.29, 0.717) is 24.0 Å². The topological polar surface area (TPSA) is 60.5 Å². The lowest BCUT2D eigenvalue weighted by Crippen LogP contribution is -2.28. The van der Waals surface area contributed by atoms with Gasteiger partial charge in [0.2, 0.25) is 0 Å². The van der Waals surface area contributed by atoms with Gasteiger partial charge in [0.15, 0.2) is 18.1 Å². The molecule has 1 aromatic heterocycles. The second-order valence-corrected chi connectivity index (χ2v) is 6.44. The number of benzene rings is 1. The van der Waals surface area contributed by atoms with Gasteiger partial charge in [0.1, 0.15) is 0 Å². The van der Waals surface area contributed by atoms with Crippen molar-refractivity contribution in [2.45, 2.75) is 33.2 Å². The average molecular weight is 334 g/mol. The normalized spacial score (nSPS) is 10.7. The van der Waals surface area contributed by atoms with Crippen LogP contribution in [0, 0.1) is 6.92 Å². The standard InChI is InChI=1S/C17H22N2O3S/c1-11(2)17-19-13(10-23-17)8-18-16(20)9-22-14-6-5-12(3)7-15(14)21-4/h5-7,10-11H,8-9H2,1-4H3,(H,18,20). The first-order valence-corrected chi connectivity index (χ1v) is 8.36. The Hall–Kier alpha value is -2.08. The number of aryl methyl sites for hydroxylation is 1. The summed E-state index contributed by atoms with van der Waals surface area (Å²) < 4.78 is 10.8. The van der Waals surface area contributed by atoms with Crippen LogP contribution in [0.15, 0.2) is 23.6 Å². The van der Waals surface area contributed by atoms with Crippen molar-refractivity contribution in [3.05, 3.63) is 39.8 Å². The van der Waals surface area contributed by atoms with Crippen LogP contribution in [0.4, 0.5) is 0 Å². The number of methoxy groups -OCH3 is 1. The zero-order valence-electron chi connectivity index (χ0n) is 13.9. The quantitative estimate of drug-likeness (QED) is 0.844. The predicted octanol–water partition coefficient (Wildman–Crippen LogP) is 3.28. The molecule has 0 unspecified atom stereocenters. The molecule has 23 heavy (non-hydrogen) atoms. The second-order valence-electron chi connectivity index (χ2n) is 5.55. The molecule has 0 saturated heterocycles. The van der Waals surface area contributed by atoms with Crippen LogP contribution in [0.3, 0.4) is 0 Å². The number of aromatic nitrogens is 1. The summed E-state index contributed by atoms with van der Waals surface area (Å²) in [4.78, 5) is 16.4. The molecule has 0 spiro atoms. The van der Waals surface area contributed by atoms with E-state index in [4.69, 9.17) is 9.47 Å². The smallest absolute Gasteiger partial charge is 0.258 e. The van der Waals surface area contributed by atoms with Gasteiger partial charge in [-0.25, -0.2) is 4.98 Å². The summed E-state index contributed by atoms with van der Waals surface area (Å²) in [6.07, 6.45) is 0. The fourth-order valence-electron chi connectivity index (χ4n) is 1.95. The molecular weight excluding hydrogens is 312 g/mol. The van der Waals surface area contributed by atoms with Gasteiger partial charge in [-0.15, -0.1) is 11.3 Å². The minimum Gasteiger partial charge on any atom is -0.493 e. The second kappa shape index (κ2) is 7.97. The molecule has 5 nitrogen and oxygen atoms in total. The Bertz CT molecular complexity index is 668. The molecule has 0 aliphatic rings. The molecule has 1 N–H and O–H groups in total. The van der Waals surface area contributed by atoms with Gasteiger partial charge in [0, 0.05) is 11.3 Å². The summed E-state index contributed by atoms with van der Waals surface area (Å²) in [6, 6.07) is 5.59. The van der Waals surface area contributed by atoms with E-state index in [9.17, 15) is 4.79 Å². The minimum atomic E-state index is -0.188. The van der Waals surface area contributed by atoms with Crippen molar-refractivity contribution in [2.24, 2.45) is 0 Å². The maximum absolute atomic E-state index is 11.9. The highest BCUT2D eigenvalue weighted by Crippen LogP contribution is 2.27. The summed E-state index contributed by atoms with van der Waals surface area (Å²) in [5, 5.41) is 5.86. The number of nitrogens with zero attached hydrogens (tertiary/aromatic N) is 1. The molecule has 0 aliphatic carbocycles. The third kappa shape index (κ3) is 4.96. The van der Waals surface area contributed by atoms with E-state index in [0.717, 1.165) is 16.3 Å². The van der Waals surface area contributed by atoms with Gasteiger partial charge in [0.25, 0.3) is 5.91 Å². The van der Waals surface area contributed by atoms with Crippen molar-refractivity contribution in [3.63, 3.8) is 0 Å². The van der Waals surface area contributed by atoms with Crippen LogP contribution in [0.25, 0.3) is 0 Å². The van der Waals surface area contributed by atoms with Gasteiger partial charge in [-0.2, -0.15) is 0 Å². The zero-order chi connectivity index (χ0) is 16.8. The first-order chi connectivity index (χ1) is 11.0. The molecule has 0 radical (unpaired) electrons. The molecule has 124 valence electrons. The van der Waals surface area contributed by atoms with Crippen LogP contribution in [0.2, 0.25) is 0 Å². The molecule has 0 bridgehead atoms. The summed E-state index contributed by atoms with van der Waals surface area (Å²) in [5.74, 6) is 1.40. The molecule has 1 aromatic carbocycles. The number of rotatable bonds is 7. The Kier molecular flexibility index (Phi) is 5.98. The summed E-state index contributed by atoms with van der Waals surface area (Å²) in [5.41, 5.74) is 1.95. The Morgan fingerprint density at radius 2 is 2.13 bits per heavy atom. The maximum Gasteiger partial charge on any atom is 0.258 e. The largest absolute Gasteiger partial charge is 0.493 e. The Morgan fingerprint density at radius 3 is 2.78 bits per heavy atom. The fourth-order valence-corrected chi connectivity index (χ4v) is 2.78. The first kappa shape index (κ1) is 17.3. The average Bonchev–Trinajstić information content (AvgIpc) is 3.00. The molecule has 1 amide bonds. The highest BCUT2D eigenvalue weighted by Gasteiger charge is 2.09. The highest BCUT2D eigenvalue weighted by atomic mass is 32.1. The molecule has 1 heterocycles. The van der Waals surface area contributed by atoms with Gasteiger partial charge in [-0.05, 0) is 24.6 Å². The van der Waals surface area contributed by atoms with Gasteiger partial charge in [-0.3, -0.25) is 4.79 Å². The predicted molar refractivity (Wildman–Crippen MR) is 91.3 cm³/mol. The van der Waals surface area contributed by atoms with E-state index in [1.54, 1.807) is 24.5 Å². The van der Waals surface area contributed by atoms with Crippen molar-refractivity contribution in [2.75, 3.05) is 13.7 Å². The lowest BCUT2D eigenvalue weighted by Gasteiger charge is -2.11. The number of carbonyl (C=O) groups excluding carboxylic acids is 1. The number of hydrogen-bond acceptors (Lipinski definition) is 5. The Morgan fingerprint density at radius 1 is 1.35 bits per heavy atom. The molecular formula is C17H22N2O3S. The van der Waals surface area contributed by atoms with Crippen LogP contribution in [-0.2, 0) is 11.3 Å². The molecule has 6 heteroatoms. The van der Waals surface area contributed by atoms with Crippen LogP contribution >= 0.6 is 11.3 Å². The van der Waals surface area contributed by atoms with E-state index in [1.165, 1.54) is 0 Å². The van der Waals surface area contributed by atoms with E-state index in [1.807, 2.05) is 24.4 Å². The third-order valence-corrected chi connectivity index (χ3v) is 4.40. The number of amides is 1. The SMILES string of the molecule is COc1cc(C)ccc1OCC(=O)NCc1csc(C(C)C)n1. The van der Waals surface area contributed by atoms with Crippen molar-refractivity contribution in [3.8, 4) is 11.5 Å². The third-order valence-electron chi connectivity index (χ3n) is 3.21. The van der Waals surface area contributed by atoms with E-state index >= 15 is 0 Å². The molecule has 0 fully saturated rings. The molecule has 0 aliphatic heterocycles. The lowest BCUT2D eigenvalue weighted by atomic mass is 10.2.